The summed E-state index contributed by atoms with van der Waals surface area (Å²) in [6.07, 6.45) is 1.83. The summed E-state index contributed by atoms with van der Waals surface area (Å²) in [5, 5.41) is 2.10. The lowest BCUT2D eigenvalue weighted by molar-refractivity contribution is -0.138. The SMILES string of the molecule is COC(=O)CN(C)c1ncc(-c2cccc(N)c2)c2cccc(C)c12. The van der Waals surface area contributed by atoms with Gasteiger partial charge in [0.05, 0.1) is 7.11 Å². The maximum atomic E-state index is 11.6. The van der Waals surface area contributed by atoms with E-state index in [0.717, 1.165) is 33.3 Å². The molecule has 0 saturated heterocycles. The molecule has 5 nitrogen and oxygen atoms in total. The number of nitrogens with two attached hydrogens (primary N) is 1. The highest BCUT2D eigenvalue weighted by Gasteiger charge is 2.16. The second-order valence-corrected chi connectivity index (χ2v) is 6.05. The zero-order chi connectivity index (χ0) is 18.0. The third-order valence-electron chi connectivity index (χ3n) is 4.26. The Labute approximate surface area is 147 Å². The van der Waals surface area contributed by atoms with Crippen LogP contribution < -0.4 is 10.6 Å². The third-order valence-corrected chi connectivity index (χ3v) is 4.26. The van der Waals surface area contributed by atoms with Crippen molar-refractivity contribution in [1.29, 1.82) is 0 Å². The maximum absolute atomic E-state index is 11.6. The Morgan fingerprint density at radius 1 is 1.24 bits per heavy atom. The molecule has 0 saturated carbocycles. The molecule has 5 heteroatoms. The van der Waals surface area contributed by atoms with Crippen LogP contribution in [0.1, 0.15) is 5.56 Å². The van der Waals surface area contributed by atoms with Crippen LogP contribution in [0.3, 0.4) is 0 Å². The standard InChI is InChI=1S/C20H21N3O2/c1-13-6-4-9-16-17(14-7-5-8-15(21)10-14)11-22-20(19(13)16)23(2)12-18(24)25-3/h4-11H,12,21H2,1-3H3. The van der Waals surface area contributed by atoms with E-state index in [1.54, 1.807) is 0 Å². The van der Waals surface area contributed by atoms with Gasteiger partial charge in [0.15, 0.2) is 0 Å². The van der Waals surface area contributed by atoms with Crippen LogP contribution in [0, 0.1) is 6.92 Å². The second-order valence-electron chi connectivity index (χ2n) is 6.05. The van der Waals surface area contributed by atoms with Crippen molar-refractivity contribution in [2.45, 2.75) is 6.92 Å². The number of ether oxygens (including phenoxy) is 1. The number of hydrogen-bond acceptors (Lipinski definition) is 5. The molecule has 0 spiro atoms. The number of hydrogen-bond donors (Lipinski definition) is 1. The van der Waals surface area contributed by atoms with E-state index < -0.39 is 0 Å². The van der Waals surface area contributed by atoms with Gasteiger partial charge in [0, 0.05) is 29.9 Å². The number of aryl methyl sites for hydroxylation is 1. The van der Waals surface area contributed by atoms with Crippen molar-refractivity contribution in [2.75, 3.05) is 31.3 Å². The van der Waals surface area contributed by atoms with Crippen LogP contribution in [0.5, 0.6) is 0 Å². The highest BCUT2D eigenvalue weighted by atomic mass is 16.5. The number of nitrogens with zero attached hydrogens (tertiary/aromatic N) is 2. The van der Waals surface area contributed by atoms with Gasteiger partial charge in [0.25, 0.3) is 0 Å². The van der Waals surface area contributed by atoms with Crippen molar-refractivity contribution < 1.29 is 9.53 Å². The molecule has 1 aromatic heterocycles. The molecule has 3 rings (SSSR count). The van der Waals surface area contributed by atoms with E-state index in [2.05, 4.69) is 11.1 Å². The van der Waals surface area contributed by atoms with Crippen molar-refractivity contribution in [2.24, 2.45) is 0 Å². The van der Waals surface area contributed by atoms with Crippen LogP contribution in [0.25, 0.3) is 21.9 Å². The highest BCUT2D eigenvalue weighted by molar-refractivity contribution is 6.04. The first kappa shape index (κ1) is 16.8. The van der Waals surface area contributed by atoms with Gasteiger partial charge in [0.1, 0.15) is 12.4 Å². The van der Waals surface area contributed by atoms with Gasteiger partial charge in [-0.2, -0.15) is 0 Å². The fourth-order valence-electron chi connectivity index (χ4n) is 3.01. The molecule has 0 unspecified atom stereocenters. The summed E-state index contributed by atoms with van der Waals surface area (Å²) in [6.45, 7) is 2.19. The minimum absolute atomic E-state index is 0.143. The lowest BCUT2D eigenvalue weighted by Crippen LogP contribution is -2.27. The molecule has 0 fully saturated rings. The average molecular weight is 335 g/mol. The van der Waals surface area contributed by atoms with E-state index in [1.165, 1.54) is 7.11 Å². The number of nitrogen functional groups attached to an aromatic ring is 1. The van der Waals surface area contributed by atoms with Crippen LogP contribution in [0.4, 0.5) is 11.5 Å². The van der Waals surface area contributed by atoms with Crippen molar-refractivity contribution in [3.8, 4) is 11.1 Å². The number of benzene rings is 2. The number of carbonyl (C=O) groups is 1. The lowest BCUT2D eigenvalue weighted by atomic mass is 9.97. The topological polar surface area (TPSA) is 68.5 Å². The van der Waals surface area contributed by atoms with E-state index in [1.807, 2.05) is 61.5 Å². The van der Waals surface area contributed by atoms with Gasteiger partial charge in [0.2, 0.25) is 0 Å². The molecule has 1 heterocycles. The molecular weight excluding hydrogens is 314 g/mol. The largest absolute Gasteiger partial charge is 0.468 e. The quantitative estimate of drug-likeness (QED) is 0.584. The molecule has 128 valence electrons. The van der Waals surface area contributed by atoms with Gasteiger partial charge in [-0.15, -0.1) is 0 Å². The van der Waals surface area contributed by atoms with Gasteiger partial charge >= 0.3 is 5.97 Å². The van der Waals surface area contributed by atoms with E-state index >= 15 is 0 Å². The van der Waals surface area contributed by atoms with Crippen LogP contribution in [-0.4, -0.2) is 31.7 Å². The number of anilines is 2. The van der Waals surface area contributed by atoms with Crippen LogP contribution in [-0.2, 0) is 9.53 Å². The molecule has 0 bridgehead atoms. The Balaban J connectivity index is 2.19. The molecule has 0 aliphatic rings. The Bertz CT molecular complexity index is 937. The zero-order valence-electron chi connectivity index (χ0n) is 14.6. The van der Waals surface area contributed by atoms with E-state index in [9.17, 15) is 4.79 Å². The van der Waals surface area contributed by atoms with Gasteiger partial charge in [-0.25, -0.2) is 4.98 Å². The maximum Gasteiger partial charge on any atom is 0.325 e. The lowest BCUT2D eigenvalue weighted by Gasteiger charge is -2.21. The number of methoxy groups -OCH3 is 1. The number of likely N-dealkylation sites (N-methyl/N-ethyl adjacent to an activating group) is 1. The predicted molar refractivity (Wildman–Crippen MR) is 102 cm³/mol. The summed E-state index contributed by atoms with van der Waals surface area (Å²) in [4.78, 5) is 18.1. The average Bonchev–Trinajstić information content (AvgIpc) is 2.61. The fraction of sp³-hybridized carbons (Fsp3) is 0.200. The van der Waals surface area contributed by atoms with Crippen molar-refractivity contribution in [3.05, 3.63) is 54.2 Å². The predicted octanol–water partition coefficient (Wildman–Crippen LogP) is 3.40. The monoisotopic (exact) mass is 335 g/mol. The fourth-order valence-corrected chi connectivity index (χ4v) is 3.01. The molecule has 0 radical (unpaired) electrons. The van der Waals surface area contributed by atoms with Gasteiger partial charge in [-0.3, -0.25) is 4.79 Å². The van der Waals surface area contributed by atoms with Crippen molar-refractivity contribution in [3.63, 3.8) is 0 Å². The number of esters is 1. The van der Waals surface area contributed by atoms with Gasteiger partial charge in [-0.1, -0.05) is 30.3 Å². The molecule has 0 amide bonds. The summed E-state index contributed by atoms with van der Waals surface area (Å²) in [6, 6.07) is 13.9. The summed E-state index contributed by atoms with van der Waals surface area (Å²) in [7, 11) is 3.22. The Kier molecular flexibility index (Phi) is 4.57. The minimum Gasteiger partial charge on any atom is -0.468 e. The third kappa shape index (κ3) is 3.26. The van der Waals surface area contributed by atoms with E-state index in [4.69, 9.17) is 10.5 Å². The zero-order valence-corrected chi connectivity index (χ0v) is 14.6. The second kappa shape index (κ2) is 6.81. The summed E-state index contributed by atoms with van der Waals surface area (Å²) in [5.74, 6) is 0.456. The summed E-state index contributed by atoms with van der Waals surface area (Å²) in [5.41, 5.74) is 9.78. The van der Waals surface area contributed by atoms with Crippen LogP contribution in [0.2, 0.25) is 0 Å². The first-order chi connectivity index (χ1) is 12.0. The van der Waals surface area contributed by atoms with Gasteiger partial charge < -0.3 is 15.4 Å². The molecule has 2 aromatic carbocycles. The number of carbonyl (C=O) groups excluding carboxylic acids is 1. The molecule has 25 heavy (non-hydrogen) atoms. The number of rotatable bonds is 4. The first-order valence-electron chi connectivity index (χ1n) is 8.03. The Morgan fingerprint density at radius 3 is 2.72 bits per heavy atom. The normalized spacial score (nSPS) is 10.7. The van der Waals surface area contributed by atoms with Gasteiger partial charge in [-0.05, 0) is 35.6 Å². The Hall–Kier alpha value is -3.08. The van der Waals surface area contributed by atoms with Crippen LogP contribution in [0.15, 0.2) is 48.7 Å². The molecule has 2 N–H and O–H groups in total. The molecule has 0 aliphatic carbocycles. The number of pyridine rings is 1. The summed E-state index contributed by atoms with van der Waals surface area (Å²) < 4.78 is 4.77. The summed E-state index contributed by atoms with van der Waals surface area (Å²) >= 11 is 0. The first-order valence-corrected chi connectivity index (χ1v) is 8.03. The van der Waals surface area contributed by atoms with E-state index in [-0.39, 0.29) is 12.5 Å². The Morgan fingerprint density at radius 2 is 2.00 bits per heavy atom. The molecule has 0 aliphatic heterocycles. The minimum atomic E-state index is -0.300. The van der Waals surface area contributed by atoms with Crippen LogP contribution >= 0.6 is 0 Å². The number of aromatic nitrogens is 1. The van der Waals surface area contributed by atoms with Crippen molar-refractivity contribution >= 4 is 28.2 Å². The molecular formula is C20H21N3O2. The molecule has 0 atom stereocenters. The smallest absolute Gasteiger partial charge is 0.325 e. The van der Waals surface area contributed by atoms with E-state index in [0.29, 0.717) is 5.69 Å². The highest BCUT2D eigenvalue weighted by Crippen LogP contribution is 2.35. The van der Waals surface area contributed by atoms with Crippen molar-refractivity contribution in [1.82, 2.24) is 4.98 Å². The molecule has 3 aromatic rings. The number of fused-ring (bicyclic) bond motifs is 1.